The van der Waals surface area contributed by atoms with Crippen molar-refractivity contribution in [2.24, 2.45) is 0 Å². The second-order valence-corrected chi connectivity index (χ2v) is 6.10. The number of aromatic amines is 1. The minimum absolute atomic E-state index is 0.0704. The number of nitrogens with zero attached hydrogens (tertiary/aromatic N) is 4. The molecule has 136 valence electrons. The van der Waals surface area contributed by atoms with Crippen LogP contribution in [-0.2, 0) is 4.79 Å². The van der Waals surface area contributed by atoms with Gasteiger partial charge in [0.1, 0.15) is 17.2 Å². The molecule has 0 bridgehead atoms. The predicted octanol–water partition coefficient (Wildman–Crippen LogP) is 0.869. The Kier molecular flexibility index (Phi) is 5.07. The summed E-state index contributed by atoms with van der Waals surface area (Å²) in [7, 11) is 3.06. The quantitative estimate of drug-likeness (QED) is 0.608. The molecule has 0 saturated heterocycles. The third kappa shape index (κ3) is 3.61. The van der Waals surface area contributed by atoms with Crippen molar-refractivity contribution in [3.05, 3.63) is 34.2 Å². The molecule has 2 aromatic heterocycles. The second kappa shape index (κ2) is 7.44. The molecule has 10 nitrogen and oxygen atoms in total. The maximum atomic E-state index is 12.3. The Morgan fingerprint density at radius 3 is 2.85 bits per heavy atom. The third-order valence-electron chi connectivity index (χ3n) is 3.43. The highest BCUT2D eigenvalue weighted by molar-refractivity contribution is 7.99. The first-order valence-corrected chi connectivity index (χ1v) is 8.47. The number of carbonyl (C=O) groups excluding carboxylic acids is 1. The van der Waals surface area contributed by atoms with E-state index in [1.54, 1.807) is 32.2 Å². The Bertz CT molecular complexity index is 1020. The molecule has 0 spiro atoms. The van der Waals surface area contributed by atoms with E-state index in [9.17, 15) is 9.59 Å². The Morgan fingerprint density at radius 2 is 2.12 bits per heavy atom. The smallest absolute Gasteiger partial charge is 0.273 e. The molecule has 2 N–H and O–H groups in total. The van der Waals surface area contributed by atoms with Crippen LogP contribution in [0.3, 0.4) is 0 Å². The van der Waals surface area contributed by atoms with Crippen molar-refractivity contribution in [3.63, 3.8) is 0 Å². The van der Waals surface area contributed by atoms with Crippen molar-refractivity contribution < 1.29 is 14.3 Å². The van der Waals surface area contributed by atoms with Gasteiger partial charge in [0.15, 0.2) is 0 Å². The number of H-pyrrole nitrogens is 1. The molecule has 3 aromatic rings. The second-order valence-electron chi connectivity index (χ2n) is 5.16. The minimum atomic E-state index is -0.329. The lowest BCUT2D eigenvalue weighted by Gasteiger charge is -2.11. The van der Waals surface area contributed by atoms with Crippen LogP contribution < -0.4 is 20.3 Å². The van der Waals surface area contributed by atoms with E-state index in [1.165, 1.54) is 11.6 Å². The number of methoxy groups -OCH3 is 2. The number of nitrogens with one attached hydrogen (secondary N) is 2. The molecule has 0 unspecified atom stereocenters. The first-order chi connectivity index (χ1) is 12.5. The minimum Gasteiger partial charge on any atom is -0.497 e. The van der Waals surface area contributed by atoms with Crippen LogP contribution in [0.25, 0.3) is 5.78 Å². The van der Waals surface area contributed by atoms with E-state index in [-0.39, 0.29) is 28.7 Å². The van der Waals surface area contributed by atoms with Gasteiger partial charge in [-0.3, -0.25) is 14.6 Å². The number of aryl methyl sites for hydroxylation is 1. The summed E-state index contributed by atoms with van der Waals surface area (Å²) in [6.07, 6.45) is 0. The Labute approximate surface area is 151 Å². The summed E-state index contributed by atoms with van der Waals surface area (Å²) in [5.74, 6) is 1.14. The molecule has 0 atom stereocenters. The molecule has 1 amide bonds. The van der Waals surface area contributed by atoms with Gasteiger partial charge in [-0.1, -0.05) is 11.8 Å². The van der Waals surface area contributed by atoms with Gasteiger partial charge < -0.3 is 14.8 Å². The average molecular weight is 376 g/mol. The maximum Gasteiger partial charge on any atom is 0.273 e. The molecule has 0 aliphatic heterocycles. The van der Waals surface area contributed by atoms with Crippen LogP contribution in [0, 0.1) is 6.92 Å². The Morgan fingerprint density at radius 1 is 1.31 bits per heavy atom. The zero-order valence-electron chi connectivity index (χ0n) is 14.3. The third-order valence-corrected chi connectivity index (χ3v) is 4.35. The van der Waals surface area contributed by atoms with Gasteiger partial charge in [-0.15, -0.1) is 10.2 Å². The number of benzene rings is 1. The van der Waals surface area contributed by atoms with Crippen LogP contribution in [0.1, 0.15) is 5.69 Å². The first kappa shape index (κ1) is 17.7. The largest absolute Gasteiger partial charge is 0.497 e. The number of rotatable bonds is 6. The number of hydrogen-bond acceptors (Lipinski definition) is 8. The number of ether oxygens (including phenoxy) is 2. The molecule has 0 saturated carbocycles. The average Bonchev–Trinajstić information content (AvgIpc) is 3.02. The number of hydrogen-bond donors (Lipinski definition) is 2. The van der Waals surface area contributed by atoms with Crippen molar-refractivity contribution in [2.75, 3.05) is 25.3 Å². The Hall–Kier alpha value is -3.08. The van der Waals surface area contributed by atoms with Gasteiger partial charge in [0.05, 0.1) is 25.7 Å². The molecule has 0 radical (unpaired) electrons. The SMILES string of the molecule is COc1ccc(OC)c(NC(=O)CSc2nnc3[nH]c(=O)c(C)nn23)c1. The van der Waals surface area contributed by atoms with Crippen LogP contribution >= 0.6 is 11.8 Å². The summed E-state index contributed by atoms with van der Waals surface area (Å²) < 4.78 is 11.8. The zero-order chi connectivity index (χ0) is 18.7. The number of fused-ring (bicyclic) bond motifs is 1. The van der Waals surface area contributed by atoms with Crippen LogP contribution in [-0.4, -0.2) is 50.7 Å². The maximum absolute atomic E-state index is 12.3. The fourth-order valence-electron chi connectivity index (χ4n) is 2.14. The molecule has 3 rings (SSSR count). The standard InChI is InChI=1S/C15H16N6O4S/c1-8-13(23)17-14-18-19-15(21(14)20-8)26-7-12(22)16-10-6-9(24-2)4-5-11(10)25-3/h4-6H,7H2,1-3H3,(H,16,22)(H,17,18,23). The highest BCUT2D eigenvalue weighted by Crippen LogP contribution is 2.29. The number of aromatic nitrogens is 5. The summed E-state index contributed by atoms with van der Waals surface area (Å²) >= 11 is 1.14. The summed E-state index contributed by atoms with van der Waals surface area (Å²) in [4.78, 5) is 26.4. The number of carbonyl (C=O) groups is 1. The van der Waals surface area contributed by atoms with Gasteiger partial charge in [-0.25, -0.2) is 0 Å². The molecule has 26 heavy (non-hydrogen) atoms. The van der Waals surface area contributed by atoms with E-state index < -0.39 is 0 Å². The van der Waals surface area contributed by atoms with Crippen molar-refractivity contribution in [1.29, 1.82) is 0 Å². The number of thioether (sulfide) groups is 1. The summed E-state index contributed by atoms with van der Waals surface area (Å²) in [6, 6.07) is 5.11. The van der Waals surface area contributed by atoms with Gasteiger partial charge in [0.2, 0.25) is 11.1 Å². The molecule has 0 fully saturated rings. The van der Waals surface area contributed by atoms with E-state index in [1.807, 2.05) is 0 Å². The molecular formula is C15H16N6O4S. The molecular weight excluding hydrogens is 360 g/mol. The fourth-order valence-corrected chi connectivity index (χ4v) is 2.82. The van der Waals surface area contributed by atoms with Gasteiger partial charge in [-0.05, 0) is 19.1 Å². The fraction of sp³-hybridized carbons (Fsp3) is 0.267. The van der Waals surface area contributed by atoms with Crippen molar-refractivity contribution in [1.82, 2.24) is 24.8 Å². The summed E-state index contributed by atoms with van der Waals surface area (Å²) in [5.41, 5.74) is 0.455. The van der Waals surface area contributed by atoms with Gasteiger partial charge in [-0.2, -0.15) is 9.61 Å². The number of anilines is 1. The lowest BCUT2D eigenvalue weighted by atomic mass is 10.2. The van der Waals surface area contributed by atoms with Gasteiger partial charge in [0.25, 0.3) is 11.3 Å². The highest BCUT2D eigenvalue weighted by atomic mass is 32.2. The predicted molar refractivity (Wildman–Crippen MR) is 95.0 cm³/mol. The molecule has 11 heteroatoms. The normalized spacial score (nSPS) is 10.7. The molecule has 0 aliphatic carbocycles. The van der Waals surface area contributed by atoms with E-state index in [0.29, 0.717) is 22.3 Å². The van der Waals surface area contributed by atoms with Crippen LogP contribution in [0.5, 0.6) is 11.5 Å². The van der Waals surface area contributed by atoms with Crippen LogP contribution in [0.4, 0.5) is 5.69 Å². The van der Waals surface area contributed by atoms with Crippen molar-refractivity contribution >= 4 is 29.1 Å². The van der Waals surface area contributed by atoms with Crippen LogP contribution in [0.2, 0.25) is 0 Å². The molecule has 2 heterocycles. The lowest BCUT2D eigenvalue weighted by molar-refractivity contribution is -0.113. The highest BCUT2D eigenvalue weighted by Gasteiger charge is 2.14. The first-order valence-electron chi connectivity index (χ1n) is 7.49. The lowest BCUT2D eigenvalue weighted by Crippen LogP contribution is -2.17. The topological polar surface area (TPSA) is 123 Å². The van der Waals surface area contributed by atoms with E-state index >= 15 is 0 Å². The molecule has 0 aliphatic rings. The van der Waals surface area contributed by atoms with Crippen LogP contribution in [0.15, 0.2) is 28.2 Å². The summed E-state index contributed by atoms with van der Waals surface area (Å²) in [6.45, 7) is 1.58. The van der Waals surface area contributed by atoms with E-state index in [4.69, 9.17) is 9.47 Å². The van der Waals surface area contributed by atoms with E-state index in [0.717, 1.165) is 11.8 Å². The summed E-state index contributed by atoms with van der Waals surface area (Å²) in [5, 5.41) is 15.0. The van der Waals surface area contributed by atoms with Gasteiger partial charge >= 0.3 is 0 Å². The van der Waals surface area contributed by atoms with Gasteiger partial charge in [0, 0.05) is 6.07 Å². The van der Waals surface area contributed by atoms with Crippen molar-refractivity contribution in [3.8, 4) is 11.5 Å². The number of amides is 1. The van der Waals surface area contributed by atoms with Crippen molar-refractivity contribution in [2.45, 2.75) is 12.1 Å². The molecule has 1 aromatic carbocycles. The Balaban J connectivity index is 1.72. The monoisotopic (exact) mass is 376 g/mol. The zero-order valence-corrected chi connectivity index (χ0v) is 15.1. The van der Waals surface area contributed by atoms with E-state index in [2.05, 4.69) is 25.6 Å².